The normalized spacial score (nSPS) is 12.1. The highest BCUT2D eigenvalue weighted by Crippen LogP contribution is 2.53. The van der Waals surface area contributed by atoms with Gasteiger partial charge >= 0.3 is 0 Å². The molecule has 0 N–H and O–H groups in total. The fraction of sp³-hybridized carbons (Fsp3) is 0. The van der Waals surface area contributed by atoms with Gasteiger partial charge in [-0.1, -0.05) is 91.0 Å². The summed E-state index contributed by atoms with van der Waals surface area (Å²) in [5.74, 6) is 5.48. The molecule has 2 aliphatic heterocycles. The molecule has 0 bridgehead atoms. The first kappa shape index (κ1) is 35.0. The van der Waals surface area contributed by atoms with Crippen molar-refractivity contribution in [3.63, 3.8) is 0 Å². The number of ether oxygens (including phenoxy) is 4. The van der Waals surface area contributed by atoms with E-state index in [4.69, 9.17) is 18.9 Å². The van der Waals surface area contributed by atoms with Gasteiger partial charge in [0, 0.05) is 54.9 Å². The SMILES string of the molecule is c1ccc(N(c2ccc(-c3c(N(c4ccccc4)c4ccc5c(c4)Oc4ccccc4O5)ccc4sc5ccccc5c34)cc2)c2ccc3c(c2)Oc2ccccc2O3)cc1. The fourth-order valence-electron chi connectivity index (χ4n) is 8.40. The zero-order valence-electron chi connectivity index (χ0n) is 32.6. The quantitative estimate of drug-likeness (QED) is 0.160. The third-order valence-corrected chi connectivity index (χ3v) is 12.3. The predicted octanol–water partition coefficient (Wildman–Crippen LogP) is 16.5. The fourth-order valence-corrected chi connectivity index (χ4v) is 9.52. The smallest absolute Gasteiger partial charge is 0.172 e. The average Bonchev–Trinajstić information content (AvgIpc) is 3.70. The molecule has 0 atom stereocenters. The molecule has 0 saturated heterocycles. The van der Waals surface area contributed by atoms with E-state index < -0.39 is 0 Å². The largest absolute Gasteiger partial charge is 0.450 e. The van der Waals surface area contributed by atoms with Crippen molar-refractivity contribution < 1.29 is 18.9 Å². The Morgan fingerprint density at radius 1 is 0.311 bits per heavy atom. The van der Waals surface area contributed by atoms with E-state index in [-0.39, 0.29) is 0 Å². The number of fused-ring (bicyclic) bond motifs is 7. The van der Waals surface area contributed by atoms with Gasteiger partial charge in [-0.2, -0.15) is 0 Å². The minimum atomic E-state index is 0.662. The van der Waals surface area contributed by atoms with E-state index in [1.165, 1.54) is 20.2 Å². The van der Waals surface area contributed by atoms with Crippen molar-refractivity contribution in [2.24, 2.45) is 0 Å². The van der Waals surface area contributed by atoms with Crippen LogP contribution in [0.4, 0.5) is 34.1 Å². The highest BCUT2D eigenvalue weighted by atomic mass is 32.1. The van der Waals surface area contributed by atoms with Crippen molar-refractivity contribution in [3.05, 3.63) is 206 Å². The predicted molar refractivity (Wildman–Crippen MR) is 247 cm³/mol. The van der Waals surface area contributed by atoms with Gasteiger partial charge in [0.25, 0.3) is 0 Å². The molecule has 10 aromatic rings. The molecule has 0 unspecified atom stereocenters. The second kappa shape index (κ2) is 14.4. The van der Waals surface area contributed by atoms with Gasteiger partial charge in [-0.25, -0.2) is 0 Å². The number of anilines is 6. The second-order valence-electron chi connectivity index (χ2n) is 14.9. The monoisotopic (exact) mass is 806 g/mol. The molecule has 0 amide bonds. The van der Waals surface area contributed by atoms with Crippen LogP contribution in [0.3, 0.4) is 0 Å². The summed E-state index contributed by atoms with van der Waals surface area (Å²) in [6.07, 6.45) is 0. The zero-order valence-corrected chi connectivity index (χ0v) is 33.4. The summed E-state index contributed by atoms with van der Waals surface area (Å²) in [7, 11) is 0. The van der Waals surface area contributed by atoms with E-state index in [0.717, 1.165) is 45.3 Å². The van der Waals surface area contributed by atoms with Crippen LogP contribution in [0.1, 0.15) is 0 Å². The summed E-state index contributed by atoms with van der Waals surface area (Å²) in [6.45, 7) is 0. The lowest BCUT2D eigenvalue weighted by Gasteiger charge is -2.30. The van der Waals surface area contributed by atoms with Gasteiger partial charge in [-0.3, -0.25) is 0 Å². The molecule has 0 saturated carbocycles. The topological polar surface area (TPSA) is 43.4 Å². The summed E-state index contributed by atoms with van der Waals surface area (Å²) in [4.78, 5) is 4.57. The maximum atomic E-state index is 6.46. The highest BCUT2D eigenvalue weighted by molar-refractivity contribution is 7.26. The van der Waals surface area contributed by atoms with Crippen molar-refractivity contribution in [1.82, 2.24) is 0 Å². The van der Waals surface area contributed by atoms with Crippen LogP contribution < -0.4 is 28.7 Å². The van der Waals surface area contributed by atoms with E-state index in [0.29, 0.717) is 46.0 Å². The lowest BCUT2D eigenvalue weighted by molar-refractivity contribution is 0.360. The van der Waals surface area contributed by atoms with Gasteiger partial charge < -0.3 is 28.7 Å². The lowest BCUT2D eigenvalue weighted by atomic mass is 9.95. The van der Waals surface area contributed by atoms with Crippen molar-refractivity contribution in [1.29, 1.82) is 0 Å². The Hall–Kier alpha value is -8.00. The van der Waals surface area contributed by atoms with E-state index in [9.17, 15) is 0 Å². The van der Waals surface area contributed by atoms with Crippen molar-refractivity contribution in [2.75, 3.05) is 9.80 Å². The Morgan fingerprint density at radius 2 is 0.754 bits per heavy atom. The van der Waals surface area contributed by atoms with Crippen LogP contribution in [0.15, 0.2) is 206 Å². The summed E-state index contributed by atoms with van der Waals surface area (Å²) >= 11 is 1.82. The van der Waals surface area contributed by atoms with Crippen LogP contribution in [-0.4, -0.2) is 0 Å². The van der Waals surface area contributed by atoms with E-state index in [1.807, 2.05) is 84.1 Å². The molecule has 3 heterocycles. The van der Waals surface area contributed by atoms with Gasteiger partial charge in [-0.15, -0.1) is 11.3 Å². The highest BCUT2D eigenvalue weighted by Gasteiger charge is 2.26. The van der Waals surface area contributed by atoms with E-state index in [2.05, 4.69) is 143 Å². The number of benzene rings is 9. The molecule has 7 heteroatoms. The summed E-state index contributed by atoms with van der Waals surface area (Å²) < 4.78 is 27.8. The van der Waals surface area contributed by atoms with Gasteiger partial charge in [0.2, 0.25) is 0 Å². The van der Waals surface area contributed by atoms with Gasteiger partial charge in [0.05, 0.1) is 17.1 Å². The van der Waals surface area contributed by atoms with Crippen LogP contribution >= 0.6 is 11.3 Å². The number of hydrogen-bond acceptors (Lipinski definition) is 7. The Balaban J connectivity index is 1.01. The first-order chi connectivity index (χ1) is 30.2. The molecule has 6 nitrogen and oxygen atoms in total. The van der Waals surface area contributed by atoms with Crippen LogP contribution in [-0.2, 0) is 0 Å². The molecule has 9 aromatic carbocycles. The number of hydrogen-bond donors (Lipinski definition) is 0. The van der Waals surface area contributed by atoms with E-state index in [1.54, 1.807) is 0 Å². The van der Waals surface area contributed by atoms with Crippen LogP contribution in [0.25, 0.3) is 31.3 Å². The molecule has 0 fully saturated rings. The molecule has 2 aliphatic rings. The molecule has 61 heavy (non-hydrogen) atoms. The maximum absolute atomic E-state index is 6.46. The Kier molecular flexibility index (Phi) is 8.25. The molecular weight excluding hydrogens is 773 g/mol. The lowest BCUT2D eigenvalue weighted by Crippen LogP contribution is -2.12. The standard InChI is InChI=1S/C54H34N2O4S/c1-3-13-36(14-4-1)55(39-27-30-47-49(33-39)59-45-20-10-8-18-43(45)57-47)38-25-23-35(24-26-38)53-42(29-32-52-54(53)41-17-7-12-22-51(41)61-52)56(37-15-5-2-6-16-37)40-28-31-48-50(34-40)60-46-21-11-9-19-44(46)58-48/h1-34H. The van der Waals surface area contributed by atoms with Gasteiger partial charge in [0.15, 0.2) is 46.0 Å². The average molecular weight is 807 g/mol. The summed E-state index contributed by atoms with van der Waals surface area (Å²) in [5, 5.41) is 2.43. The van der Waals surface area contributed by atoms with Crippen LogP contribution in [0.2, 0.25) is 0 Å². The summed E-state index contributed by atoms with van der Waals surface area (Å²) in [6, 6.07) is 70.9. The zero-order chi connectivity index (χ0) is 40.3. The van der Waals surface area contributed by atoms with Crippen molar-refractivity contribution in [3.8, 4) is 57.1 Å². The first-order valence-electron chi connectivity index (χ1n) is 20.1. The number of rotatable bonds is 7. The number of nitrogens with zero attached hydrogens (tertiary/aromatic N) is 2. The molecule has 0 aliphatic carbocycles. The Labute approximate surface area is 356 Å². The molecule has 12 rings (SSSR count). The van der Waals surface area contributed by atoms with Gasteiger partial charge in [-0.05, 0) is 109 Å². The number of thiophene rings is 1. The summed E-state index contributed by atoms with van der Waals surface area (Å²) in [5.41, 5.74) is 8.21. The number of para-hydroxylation sites is 6. The van der Waals surface area contributed by atoms with Gasteiger partial charge in [0.1, 0.15) is 0 Å². The van der Waals surface area contributed by atoms with E-state index >= 15 is 0 Å². The van der Waals surface area contributed by atoms with Crippen LogP contribution in [0, 0.1) is 0 Å². The van der Waals surface area contributed by atoms with Crippen molar-refractivity contribution in [2.45, 2.75) is 0 Å². The minimum Gasteiger partial charge on any atom is -0.450 e. The molecule has 1 aromatic heterocycles. The Bertz CT molecular complexity index is 3280. The third kappa shape index (κ3) is 6.10. The Morgan fingerprint density at radius 3 is 1.34 bits per heavy atom. The molecule has 0 radical (unpaired) electrons. The molecule has 0 spiro atoms. The minimum absolute atomic E-state index is 0.662. The third-order valence-electron chi connectivity index (χ3n) is 11.2. The molecular formula is C54H34N2O4S. The van der Waals surface area contributed by atoms with Crippen molar-refractivity contribution >= 4 is 65.6 Å². The maximum Gasteiger partial charge on any atom is 0.172 e. The van der Waals surface area contributed by atoms with Crippen LogP contribution in [0.5, 0.6) is 46.0 Å². The second-order valence-corrected chi connectivity index (χ2v) is 16.0. The first-order valence-corrected chi connectivity index (χ1v) is 21.0. The molecule has 290 valence electrons.